The highest BCUT2D eigenvalue weighted by molar-refractivity contribution is 5.95. The largest absolute Gasteiger partial charge is 0.502 e. The maximum atomic E-state index is 12.7. The van der Waals surface area contributed by atoms with Crippen molar-refractivity contribution in [1.82, 2.24) is 24.5 Å². The third kappa shape index (κ3) is 2.68. The molecular weight excluding hydrogens is 382 g/mol. The molecule has 0 radical (unpaired) electrons. The summed E-state index contributed by atoms with van der Waals surface area (Å²) >= 11 is 0. The second kappa shape index (κ2) is 6.84. The Labute approximate surface area is 171 Å². The van der Waals surface area contributed by atoms with Gasteiger partial charge in [0.15, 0.2) is 11.4 Å². The Kier molecular flexibility index (Phi) is 4.13. The standard InChI is InChI=1S/C22H19N5O3/c1-25-13-17(27-20(22(25)30)21(29)18(28)12-24-27)19(14-7-3-2-4-8-14)26-16-10-6-5-9-15(16)11-23-26/h2-12,17,19,29H,13H2,1H3. The smallest absolute Gasteiger partial charge is 0.275 e. The fourth-order valence-electron chi connectivity index (χ4n) is 4.15. The van der Waals surface area contributed by atoms with Crippen molar-refractivity contribution >= 4 is 16.8 Å². The van der Waals surface area contributed by atoms with Gasteiger partial charge in [0.1, 0.15) is 6.04 Å². The van der Waals surface area contributed by atoms with Crippen LogP contribution in [-0.2, 0) is 0 Å². The van der Waals surface area contributed by atoms with Crippen LogP contribution in [0.2, 0.25) is 0 Å². The average Bonchev–Trinajstić information content (AvgIpc) is 3.18. The highest BCUT2D eigenvalue weighted by Crippen LogP contribution is 2.36. The lowest BCUT2D eigenvalue weighted by Crippen LogP contribution is -2.46. The van der Waals surface area contributed by atoms with Crippen molar-refractivity contribution in [2.24, 2.45) is 0 Å². The summed E-state index contributed by atoms with van der Waals surface area (Å²) in [5.74, 6) is -1.02. The predicted octanol–water partition coefficient (Wildman–Crippen LogP) is 2.21. The number of hydrogen-bond donors (Lipinski definition) is 1. The van der Waals surface area contributed by atoms with E-state index in [0.29, 0.717) is 6.54 Å². The van der Waals surface area contributed by atoms with Crippen molar-refractivity contribution in [2.45, 2.75) is 12.1 Å². The molecule has 1 aliphatic rings. The molecule has 0 saturated carbocycles. The minimum atomic E-state index is -0.676. The number of hydrogen-bond acceptors (Lipinski definition) is 5. The van der Waals surface area contributed by atoms with Gasteiger partial charge in [0, 0.05) is 19.0 Å². The van der Waals surface area contributed by atoms with Gasteiger partial charge in [-0.25, -0.2) is 4.68 Å². The van der Waals surface area contributed by atoms with E-state index in [0.717, 1.165) is 22.7 Å². The lowest BCUT2D eigenvalue weighted by atomic mass is 9.96. The molecule has 2 atom stereocenters. The third-order valence-electron chi connectivity index (χ3n) is 5.58. The molecule has 0 bridgehead atoms. The second-order valence-electron chi connectivity index (χ2n) is 7.41. The SMILES string of the molecule is CN1CC(C(c2ccccc2)n2ncc3ccccc32)n2ncc(=O)c(O)c2C1=O. The first kappa shape index (κ1) is 18.1. The van der Waals surface area contributed by atoms with Gasteiger partial charge in [-0.1, -0.05) is 48.5 Å². The topological polar surface area (TPSA) is 93.2 Å². The molecule has 0 saturated heterocycles. The first-order valence-corrected chi connectivity index (χ1v) is 9.59. The number of carbonyl (C=O) groups is 1. The Morgan fingerprint density at radius 2 is 1.73 bits per heavy atom. The summed E-state index contributed by atoms with van der Waals surface area (Å²) in [7, 11) is 1.65. The molecule has 8 nitrogen and oxygen atoms in total. The molecule has 3 heterocycles. The Morgan fingerprint density at radius 1 is 1.00 bits per heavy atom. The highest BCUT2D eigenvalue weighted by atomic mass is 16.3. The molecule has 0 aliphatic carbocycles. The van der Waals surface area contributed by atoms with E-state index in [4.69, 9.17) is 0 Å². The summed E-state index contributed by atoms with van der Waals surface area (Å²) in [5, 5.41) is 20.2. The maximum Gasteiger partial charge on any atom is 0.275 e. The van der Waals surface area contributed by atoms with Gasteiger partial charge in [0.25, 0.3) is 5.91 Å². The number of carbonyl (C=O) groups excluding carboxylic acids is 1. The zero-order valence-electron chi connectivity index (χ0n) is 16.2. The summed E-state index contributed by atoms with van der Waals surface area (Å²) in [5.41, 5.74) is 1.14. The fourth-order valence-corrected chi connectivity index (χ4v) is 4.15. The molecular formula is C22H19N5O3. The van der Waals surface area contributed by atoms with Crippen molar-refractivity contribution in [2.75, 3.05) is 13.6 Å². The van der Waals surface area contributed by atoms with Crippen molar-refractivity contribution in [3.63, 3.8) is 0 Å². The number of likely N-dealkylation sites (N-methyl/N-ethyl adjacent to an activating group) is 1. The normalized spacial score (nSPS) is 17.2. The van der Waals surface area contributed by atoms with Crippen molar-refractivity contribution < 1.29 is 9.90 Å². The highest BCUT2D eigenvalue weighted by Gasteiger charge is 2.39. The fraction of sp³-hybridized carbons (Fsp3) is 0.182. The summed E-state index contributed by atoms with van der Waals surface area (Å²) in [4.78, 5) is 26.2. The number of para-hydroxylation sites is 1. The van der Waals surface area contributed by atoms with Gasteiger partial charge >= 0.3 is 0 Å². The number of amides is 1. The van der Waals surface area contributed by atoms with E-state index in [1.165, 1.54) is 9.58 Å². The molecule has 5 rings (SSSR count). The molecule has 0 fully saturated rings. The quantitative estimate of drug-likeness (QED) is 0.568. The lowest BCUT2D eigenvalue weighted by Gasteiger charge is -2.37. The summed E-state index contributed by atoms with van der Waals surface area (Å²) in [6.07, 6.45) is 2.86. The van der Waals surface area contributed by atoms with Gasteiger partial charge in [-0.05, 0) is 11.6 Å². The number of nitrogens with zero attached hydrogens (tertiary/aromatic N) is 5. The Morgan fingerprint density at radius 3 is 2.53 bits per heavy atom. The zero-order valence-corrected chi connectivity index (χ0v) is 16.2. The molecule has 2 unspecified atom stereocenters. The molecule has 0 spiro atoms. The number of rotatable bonds is 3. The van der Waals surface area contributed by atoms with E-state index in [-0.39, 0.29) is 17.8 Å². The molecule has 4 aromatic rings. The van der Waals surface area contributed by atoms with Crippen LogP contribution in [0.15, 0.2) is 71.8 Å². The van der Waals surface area contributed by atoms with Crippen LogP contribution in [-0.4, -0.2) is 49.1 Å². The molecule has 2 aromatic carbocycles. The molecule has 2 aromatic heterocycles. The minimum absolute atomic E-state index is 0.0985. The number of benzene rings is 2. The molecule has 8 heteroatoms. The first-order valence-electron chi connectivity index (χ1n) is 9.59. The number of aromatic nitrogens is 4. The molecule has 1 aliphatic heterocycles. The third-order valence-corrected chi connectivity index (χ3v) is 5.58. The Balaban J connectivity index is 1.78. The van der Waals surface area contributed by atoms with Crippen LogP contribution in [0, 0.1) is 0 Å². The Hall–Kier alpha value is -3.94. The van der Waals surface area contributed by atoms with Gasteiger partial charge in [-0.2, -0.15) is 10.2 Å². The molecule has 30 heavy (non-hydrogen) atoms. The molecule has 1 N–H and O–H groups in total. The van der Waals surface area contributed by atoms with Crippen molar-refractivity contribution in [3.8, 4) is 5.75 Å². The van der Waals surface area contributed by atoms with E-state index in [1.807, 2.05) is 59.3 Å². The summed E-state index contributed by atoms with van der Waals surface area (Å²) < 4.78 is 3.38. The molecule has 150 valence electrons. The van der Waals surface area contributed by atoms with Crippen LogP contribution in [0.25, 0.3) is 10.9 Å². The van der Waals surface area contributed by atoms with E-state index in [1.54, 1.807) is 13.2 Å². The monoisotopic (exact) mass is 401 g/mol. The summed E-state index contributed by atoms with van der Waals surface area (Å²) in [6, 6.07) is 17.0. The summed E-state index contributed by atoms with van der Waals surface area (Å²) in [6.45, 7) is 0.342. The van der Waals surface area contributed by atoms with Crippen LogP contribution in [0.3, 0.4) is 0 Å². The van der Waals surface area contributed by atoms with Gasteiger partial charge < -0.3 is 10.0 Å². The van der Waals surface area contributed by atoms with Gasteiger partial charge in [0.05, 0.1) is 24.0 Å². The van der Waals surface area contributed by atoms with Crippen LogP contribution in [0.4, 0.5) is 0 Å². The average molecular weight is 401 g/mol. The van der Waals surface area contributed by atoms with E-state index < -0.39 is 17.1 Å². The minimum Gasteiger partial charge on any atom is -0.502 e. The number of aromatic hydroxyl groups is 1. The first-order chi connectivity index (χ1) is 14.6. The lowest BCUT2D eigenvalue weighted by molar-refractivity contribution is 0.0669. The van der Waals surface area contributed by atoms with Crippen molar-refractivity contribution in [1.29, 1.82) is 0 Å². The van der Waals surface area contributed by atoms with Crippen molar-refractivity contribution in [3.05, 3.63) is 88.5 Å². The predicted molar refractivity (Wildman–Crippen MR) is 110 cm³/mol. The van der Waals surface area contributed by atoms with Crippen LogP contribution < -0.4 is 5.43 Å². The van der Waals surface area contributed by atoms with Gasteiger partial charge in [-0.15, -0.1) is 0 Å². The Bertz CT molecular complexity index is 1310. The second-order valence-corrected chi connectivity index (χ2v) is 7.41. The van der Waals surface area contributed by atoms with E-state index in [2.05, 4.69) is 10.2 Å². The molecule has 1 amide bonds. The van der Waals surface area contributed by atoms with Gasteiger partial charge in [0.2, 0.25) is 5.43 Å². The van der Waals surface area contributed by atoms with Gasteiger partial charge in [-0.3, -0.25) is 14.3 Å². The van der Waals surface area contributed by atoms with Crippen LogP contribution in [0.1, 0.15) is 28.1 Å². The van der Waals surface area contributed by atoms with E-state index in [9.17, 15) is 14.7 Å². The number of fused-ring (bicyclic) bond motifs is 2. The van der Waals surface area contributed by atoms with Crippen LogP contribution >= 0.6 is 0 Å². The van der Waals surface area contributed by atoms with E-state index >= 15 is 0 Å². The maximum absolute atomic E-state index is 12.7. The zero-order chi connectivity index (χ0) is 20.8. The van der Waals surface area contributed by atoms with Crippen LogP contribution in [0.5, 0.6) is 5.75 Å².